The molecule has 0 saturated carbocycles. The zero-order valence-electron chi connectivity index (χ0n) is 14.8. The van der Waals surface area contributed by atoms with Gasteiger partial charge in [-0.25, -0.2) is 8.78 Å². The summed E-state index contributed by atoms with van der Waals surface area (Å²) >= 11 is 0. The summed E-state index contributed by atoms with van der Waals surface area (Å²) in [6, 6.07) is 3.08. The lowest BCUT2D eigenvalue weighted by Crippen LogP contribution is -2.20. The van der Waals surface area contributed by atoms with Crippen molar-refractivity contribution in [2.24, 2.45) is 11.3 Å². The van der Waals surface area contributed by atoms with Crippen LogP contribution in [0.1, 0.15) is 78.9 Å². The maximum absolute atomic E-state index is 14.4. The number of benzene rings is 1. The van der Waals surface area contributed by atoms with Gasteiger partial charge in [0.2, 0.25) is 0 Å². The zero-order chi connectivity index (χ0) is 16.6. The van der Waals surface area contributed by atoms with Gasteiger partial charge < -0.3 is 0 Å². The molecule has 0 aliphatic heterocycles. The van der Waals surface area contributed by atoms with Crippen molar-refractivity contribution in [3.05, 3.63) is 34.9 Å². The standard InChI is InChI=1S/C19H30F2/c1-12(2)14(11-18(3,4)5)13-9-15(20)17(16(21)10-13)19(6,7)8/h9-10,12,14H,11H2,1-8H3. The van der Waals surface area contributed by atoms with E-state index < -0.39 is 17.0 Å². The molecule has 0 spiro atoms. The van der Waals surface area contributed by atoms with E-state index in [1.807, 2.05) is 20.8 Å². The van der Waals surface area contributed by atoms with Gasteiger partial charge in [0.05, 0.1) is 0 Å². The third-order valence-corrected chi connectivity index (χ3v) is 3.88. The Hall–Kier alpha value is -0.920. The molecule has 21 heavy (non-hydrogen) atoms. The van der Waals surface area contributed by atoms with Crippen LogP contribution in [-0.4, -0.2) is 0 Å². The Kier molecular flexibility index (Phi) is 5.23. The first-order chi connectivity index (χ1) is 9.33. The molecule has 120 valence electrons. The van der Waals surface area contributed by atoms with Gasteiger partial charge in [-0.05, 0) is 46.8 Å². The molecule has 0 fully saturated rings. The average Bonchev–Trinajstić information content (AvgIpc) is 2.20. The predicted octanol–water partition coefficient (Wildman–Crippen LogP) is 6.44. The van der Waals surface area contributed by atoms with Gasteiger partial charge in [0.1, 0.15) is 11.6 Å². The highest BCUT2D eigenvalue weighted by molar-refractivity contribution is 5.33. The number of hydrogen-bond acceptors (Lipinski definition) is 0. The van der Waals surface area contributed by atoms with E-state index in [1.165, 1.54) is 0 Å². The van der Waals surface area contributed by atoms with E-state index in [-0.39, 0.29) is 16.9 Å². The summed E-state index contributed by atoms with van der Waals surface area (Å²) in [5.74, 6) is -0.319. The summed E-state index contributed by atoms with van der Waals surface area (Å²) in [6.07, 6.45) is 0.915. The highest BCUT2D eigenvalue weighted by atomic mass is 19.1. The highest BCUT2D eigenvalue weighted by Gasteiger charge is 2.28. The Morgan fingerprint density at radius 3 is 1.62 bits per heavy atom. The molecular weight excluding hydrogens is 266 g/mol. The van der Waals surface area contributed by atoms with Crippen molar-refractivity contribution in [1.29, 1.82) is 0 Å². The van der Waals surface area contributed by atoms with Gasteiger partial charge in [0, 0.05) is 5.56 Å². The van der Waals surface area contributed by atoms with Crippen molar-refractivity contribution in [2.45, 2.75) is 73.1 Å². The van der Waals surface area contributed by atoms with Crippen LogP contribution in [0.4, 0.5) is 8.78 Å². The van der Waals surface area contributed by atoms with Gasteiger partial charge in [-0.3, -0.25) is 0 Å². The summed E-state index contributed by atoms with van der Waals surface area (Å²) in [5.41, 5.74) is 0.571. The van der Waals surface area contributed by atoms with Crippen molar-refractivity contribution in [3.8, 4) is 0 Å². The molecule has 1 unspecified atom stereocenters. The summed E-state index contributed by atoms with van der Waals surface area (Å²) in [7, 11) is 0. The maximum atomic E-state index is 14.4. The van der Waals surface area contributed by atoms with Crippen LogP contribution in [0.25, 0.3) is 0 Å². The SMILES string of the molecule is CC(C)C(CC(C)(C)C)c1cc(F)c(C(C)(C)C)c(F)c1. The maximum Gasteiger partial charge on any atom is 0.130 e. The normalized spacial score (nSPS) is 14.6. The van der Waals surface area contributed by atoms with E-state index in [0.717, 1.165) is 12.0 Å². The molecule has 2 heteroatoms. The van der Waals surface area contributed by atoms with E-state index in [4.69, 9.17) is 0 Å². The van der Waals surface area contributed by atoms with E-state index in [2.05, 4.69) is 34.6 Å². The molecule has 0 aliphatic carbocycles. The van der Waals surface area contributed by atoms with Crippen LogP contribution in [0.3, 0.4) is 0 Å². The number of hydrogen-bond donors (Lipinski definition) is 0. The molecular formula is C19H30F2. The minimum absolute atomic E-state index is 0.130. The monoisotopic (exact) mass is 296 g/mol. The Morgan fingerprint density at radius 2 is 1.33 bits per heavy atom. The lowest BCUT2D eigenvalue weighted by molar-refractivity contribution is 0.299. The molecule has 1 aromatic rings. The van der Waals surface area contributed by atoms with Crippen molar-refractivity contribution in [2.75, 3.05) is 0 Å². The van der Waals surface area contributed by atoms with Crippen LogP contribution in [0.2, 0.25) is 0 Å². The average molecular weight is 296 g/mol. The fraction of sp³-hybridized carbons (Fsp3) is 0.684. The third-order valence-electron chi connectivity index (χ3n) is 3.88. The van der Waals surface area contributed by atoms with Gasteiger partial charge >= 0.3 is 0 Å². The van der Waals surface area contributed by atoms with Crippen LogP contribution in [0.15, 0.2) is 12.1 Å². The Balaban J connectivity index is 3.30. The van der Waals surface area contributed by atoms with E-state index in [9.17, 15) is 8.78 Å². The first kappa shape index (κ1) is 18.1. The fourth-order valence-electron chi connectivity index (χ4n) is 2.92. The molecule has 0 heterocycles. The van der Waals surface area contributed by atoms with Crippen LogP contribution in [0, 0.1) is 23.0 Å². The molecule has 1 aromatic carbocycles. The summed E-state index contributed by atoms with van der Waals surface area (Å²) in [6.45, 7) is 16.2. The van der Waals surface area contributed by atoms with Crippen LogP contribution < -0.4 is 0 Å². The van der Waals surface area contributed by atoms with Gasteiger partial charge in [-0.1, -0.05) is 55.4 Å². The van der Waals surface area contributed by atoms with E-state index in [0.29, 0.717) is 5.92 Å². The molecule has 1 rings (SSSR count). The molecule has 0 saturated heterocycles. The smallest absolute Gasteiger partial charge is 0.130 e. The van der Waals surface area contributed by atoms with E-state index >= 15 is 0 Å². The summed E-state index contributed by atoms with van der Waals surface area (Å²) in [4.78, 5) is 0. The molecule has 0 bridgehead atoms. The van der Waals surface area contributed by atoms with Gasteiger partial charge in [-0.2, -0.15) is 0 Å². The number of rotatable bonds is 3. The van der Waals surface area contributed by atoms with Gasteiger partial charge in [0.25, 0.3) is 0 Å². The van der Waals surface area contributed by atoms with Gasteiger partial charge in [0.15, 0.2) is 0 Å². The molecule has 0 nitrogen and oxygen atoms in total. The molecule has 0 aliphatic rings. The quantitative estimate of drug-likeness (QED) is 0.602. The Morgan fingerprint density at radius 1 is 0.905 bits per heavy atom. The zero-order valence-corrected chi connectivity index (χ0v) is 14.8. The predicted molar refractivity (Wildman–Crippen MR) is 86.7 cm³/mol. The van der Waals surface area contributed by atoms with Crippen LogP contribution in [0.5, 0.6) is 0 Å². The lowest BCUT2D eigenvalue weighted by atomic mass is 9.75. The molecule has 0 aromatic heterocycles. The first-order valence-electron chi connectivity index (χ1n) is 7.82. The molecule has 0 amide bonds. The fourth-order valence-corrected chi connectivity index (χ4v) is 2.92. The Labute approximate surface area is 129 Å². The second-order valence-corrected chi connectivity index (χ2v) is 8.72. The second kappa shape index (κ2) is 6.06. The highest BCUT2D eigenvalue weighted by Crippen LogP contribution is 2.38. The third kappa shape index (κ3) is 4.79. The minimum atomic E-state index is -0.524. The van der Waals surface area contributed by atoms with E-state index in [1.54, 1.807) is 12.1 Å². The van der Waals surface area contributed by atoms with Crippen molar-refractivity contribution < 1.29 is 8.78 Å². The molecule has 0 N–H and O–H groups in total. The van der Waals surface area contributed by atoms with Crippen molar-refractivity contribution >= 4 is 0 Å². The van der Waals surface area contributed by atoms with Crippen LogP contribution >= 0.6 is 0 Å². The minimum Gasteiger partial charge on any atom is -0.207 e. The summed E-state index contributed by atoms with van der Waals surface area (Å²) in [5, 5.41) is 0. The Bertz CT molecular complexity index is 464. The molecule has 1 atom stereocenters. The second-order valence-electron chi connectivity index (χ2n) is 8.72. The van der Waals surface area contributed by atoms with Crippen LogP contribution in [-0.2, 0) is 5.41 Å². The topological polar surface area (TPSA) is 0 Å². The molecule has 0 radical (unpaired) electrons. The first-order valence-corrected chi connectivity index (χ1v) is 7.82. The largest absolute Gasteiger partial charge is 0.207 e. The van der Waals surface area contributed by atoms with Crippen molar-refractivity contribution in [1.82, 2.24) is 0 Å². The number of halogens is 2. The summed E-state index contributed by atoms with van der Waals surface area (Å²) < 4.78 is 28.8. The van der Waals surface area contributed by atoms with Crippen molar-refractivity contribution in [3.63, 3.8) is 0 Å². The van der Waals surface area contributed by atoms with Gasteiger partial charge in [-0.15, -0.1) is 0 Å². The lowest BCUT2D eigenvalue weighted by Gasteiger charge is -2.30.